The molecular formula is C28H36N2O5. The number of nitrogens with one attached hydrogen (secondary N) is 2. The van der Waals surface area contributed by atoms with E-state index in [0.717, 1.165) is 28.7 Å². The SMILES string of the molecule is CCC[C@@H](CC(=O)NC(CCC(C)C)C(=O)O)NC(=O)OCC1c2ccccc2-c2ccccc21. The summed E-state index contributed by atoms with van der Waals surface area (Å²) < 4.78 is 5.61. The summed E-state index contributed by atoms with van der Waals surface area (Å²) in [6.07, 6.45) is 1.85. The number of carboxylic acid groups (broad SMARTS) is 1. The van der Waals surface area contributed by atoms with E-state index < -0.39 is 30.1 Å². The Bertz CT molecular complexity index is 990. The Kier molecular flexibility index (Phi) is 9.29. The molecule has 0 saturated carbocycles. The van der Waals surface area contributed by atoms with Crippen LogP contribution in [-0.4, -0.2) is 41.8 Å². The summed E-state index contributed by atoms with van der Waals surface area (Å²) >= 11 is 0. The Morgan fingerprint density at radius 2 is 1.51 bits per heavy atom. The second-order valence-corrected chi connectivity index (χ2v) is 9.59. The van der Waals surface area contributed by atoms with Crippen molar-refractivity contribution in [3.63, 3.8) is 0 Å². The molecule has 1 aliphatic carbocycles. The second kappa shape index (κ2) is 12.4. The van der Waals surface area contributed by atoms with Gasteiger partial charge in [-0.1, -0.05) is 75.7 Å². The van der Waals surface area contributed by atoms with Crippen LogP contribution in [0.2, 0.25) is 0 Å². The maximum Gasteiger partial charge on any atom is 0.407 e. The van der Waals surface area contributed by atoms with Gasteiger partial charge in [0, 0.05) is 18.4 Å². The third-order valence-corrected chi connectivity index (χ3v) is 6.40. The number of carboxylic acids is 1. The number of aliphatic carboxylic acids is 1. The third-order valence-electron chi connectivity index (χ3n) is 6.40. The molecule has 0 fully saturated rings. The van der Waals surface area contributed by atoms with Gasteiger partial charge in [0.2, 0.25) is 5.91 Å². The minimum atomic E-state index is -1.05. The lowest BCUT2D eigenvalue weighted by Crippen LogP contribution is -2.45. The van der Waals surface area contributed by atoms with Gasteiger partial charge in [0.05, 0.1) is 0 Å². The molecule has 2 atom stereocenters. The smallest absolute Gasteiger partial charge is 0.407 e. The van der Waals surface area contributed by atoms with E-state index in [1.54, 1.807) is 0 Å². The van der Waals surface area contributed by atoms with Crippen LogP contribution in [0.5, 0.6) is 0 Å². The Morgan fingerprint density at radius 3 is 2.06 bits per heavy atom. The highest BCUT2D eigenvalue weighted by Gasteiger charge is 2.29. The predicted molar refractivity (Wildman–Crippen MR) is 135 cm³/mol. The van der Waals surface area contributed by atoms with E-state index in [0.29, 0.717) is 25.2 Å². The van der Waals surface area contributed by atoms with E-state index in [4.69, 9.17) is 4.74 Å². The summed E-state index contributed by atoms with van der Waals surface area (Å²) in [7, 11) is 0. The van der Waals surface area contributed by atoms with Gasteiger partial charge < -0.3 is 20.5 Å². The van der Waals surface area contributed by atoms with Crippen molar-refractivity contribution < 1.29 is 24.2 Å². The molecule has 1 aliphatic rings. The molecule has 1 unspecified atom stereocenters. The second-order valence-electron chi connectivity index (χ2n) is 9.59. The minimum absolute atomic E-state index is 0.00347. The van der Waals surface area contributed by atoms with Gasteiger partial charge in [0.15, 0.2) is 0 Å². The number of carbonyl (C=O) groups excluding carboxylic acids is 2. The molecule has 0 radical (unpaired) electrons. The lowest BCUT2D eigenvalue weighted by Gasteiger charge is -2.21. The highest BCUT2D eigenvalue weighted by atomic mass is 16.5. The lowest BCUT2D eigenvalue weighted by molar-refractivity contribution is -0.142. The standard InChI is InChI=1S/C28H36N2O5/c1-4-9-19(16-26(31)30-25(27(32)33)15-14-18(2)3)29-28(34)35-17-24-22-12-7-5-10-20(22)21-11-6-8-13-23(21)24/h5-8,10-13,18-19,24-25H,4,9,14-17H2,1-3H3,(H,29,34)(H,30,31)(H,32,33)/t19-,25?/m0/s1. The highest BCUT2D eigenvalue weighted by Crippen LogP contribution is 2.44. The zero-order valence-corrected chi connectivity index (χ0v) is 20.8. The Morgan fingerprint density at radius 1 is 0.914 bits per heavy atom. The van der Waals surface area contributed by atoms with E-state index in [-0.39, 0.29) is 18.9 Å². The summed E-state index contributed by atoms with van der Waals surface area (Å²) in [5.41, 5.74) is 4.57. The molecule has 35 heavy (non-hydrogen) atoms. The lowest BCUT2D eigenvalue weighted by atomic mass is 9.98. The van der Waals surface area contributed by atoms with Gasteiger partial charge in [0.25, 0.3) is 0 Å². The molecule has 188 valence electrons. The molecule has 2 amide bonds. The molecule has 0 saturated heterocycles. The van der Waals surface area contributed by atoms with E-state index in [9.17, 15) is 19.5 Å². The van der Waals surface area contributed by atoms with Crippen LogP contribution in [-0.2, 0) is 14.3 Å². The summed E-state index contributed by atoms with van der Waals surface area (Å²) in [6, 6.07) is 14.9. The summed E-state index contributed by atoms with van der Waals surface area (Å²) in [5, 5.41) is 14.8. The molecule has 7 nitrogen and oxygen atoms in total. The monoisotopic (exact) mass is 480 g/mol. The zero-order valence-electron chi connectivity index (χ0n) is 20.8. The first-order valence-corrected chi connectivity index (χ1v) is 12.4. The van der Waals surface area contributed by atoms with Gasteiger partial charge >= 0.3 is 12.1 Å². The number of fused-ring (bicyclic) bond motifs is 3. The maximum atomic E-state index is 12.6. The molecule has 0 spiro atoms. The van der Waals surface area contributed by atoms with Crippen LogP contribution < -0.4 is 10.6 Å². The number of hydrogen-bond donors (Lipinski definition) is 3. The first-order valence-electron chi connectivity index (χ1n) is 12.4. The van der Waals surface area contributed by atoms with Crippen molar-refractivity contribution in [3.8, 4) is 11.1 Å². The van der Waals surface area contributed by atoms with Crippen molar-refractivity contribution in [1.29, 1.82) is 0 Å². The fraction of sp³-hybridized carbons (Fsp3) is 0.464. The Labute approximate surface area is 207 Å². The number of carbonyl (C=O) groups is 3. The van der Waals surface area contributed by atoms with Crippen LogP contribution >= 0.6 is 0 Å². The van der Waals surface area contributed by atoms with Crippen molar-refractivity contribution in [3.05, 3.63) is 59.7 Å². The molecule has 2 aromatic carbocycles. The van der Waals surface area contributed by atoms with Gasteiger partial charge in [-0.25, -0.2) is 9.59 Å². The van der Waals surface area contributed by atoms with Crippen LogP contribution in [0.15, 0.2) is 48.5 Å². The van der Waals surface area contributed by atoms with Gasteiger partial charge in [-0.2, -0.15) is 0 Å². The molecule has 0 bridgehead atoms. The normalized spacial score (nSPS) is 14.1. The molecular weight excluding hydrogens is 444 g/mol. The average Bonchev–Trinajstić information content (AvgIpc) is 3.14. The number of alkyl carbamates (subject to hydrolysis) is 1. The number of benzene rings is 2. The first-order chi connectivity index (χ1) is 16.8. The fourth-order valence-corrected chi connectivity index (χ4v) is 4.61. The van der Waals surface area contributed by atoms with Gasteiger partial charge in [0.1, 0.15) is 12.6 Å². The molecule has 0 heterocycles. The van der Waals surface area contributed by atoms with Crippen molar-refractivity contribution in [1.82, 2.24) is 10.6 Å². The Hall–Kier alpha value is -3.35. The Balaban J connectivity index is 1.56. The highest BCUT2D eigenvalue weighted by molar-refractivity contribution is 5.84. The number of hydrogen-bond acceptors (Lipinski definition) is 4. The van der Waals surface area contributed by atoms with E-state index in [1.807, 2.05) is 45.0 Å². The molecule has 0 aliphatic heterocycles. The largest absolute Gasteiger partial charge is 0.480 e. The van der Waals surface area contributed by atoms with Crippen LogP contribution in [0, 0.1) is 5.92 Å². The molecule has 0 aromatic heterocycles. The quantitative estimate of drug-likeness (QED) is 0.392. The van der Waals surface area contributed by atoms with Crippen molar-refractivity contribution in [2.75, 3.05) is 6.61 Å². The number of amides is 2. The van der Waals surface area contributed by atoms with Crippen LogP contribution in [0.25, 0.3) is 11.1 Å². The van der Waals surface area contributed by atoms with E-state index in [2.05, 4.69) is 34.9 Å². The van der Waals surface area contributed by atoms with Gasteiger partial charge in [-0.05, 0) is 47.4 Å². The minimum Gasteiger partial charge on any atom is -0.480 e. The fourth-order valence-electron chi connectivity index (χ4n) is 4.61. The molecule has 3 N–H and O–H groups in total. The average molecular weight is 481 g/mol. The van der Waals surface area contributed by atoms with E-state index >= 15 is 0 Å². The third kappa shape index (κ3) is 7.07. The summed E-state index contributed by atoms with van der Waals surface area (Å²) in [5.74, 6) is -1.13. The van der Waals surface area contributed by atoms with Crippen molar-refractivity contribution in [2.45, 2.75) is 70.9 Å². The van der Waals surface area contributed by atoms with Crippen LogP contribution in [0.4, 0.5) is 4.79 Å². The molecule has 3 rings (SSSR count). The van der Waals surface area contributed by atoms with Gasteiger partial charge in [-0.3, -0.25) is 4.79 Å². The summed E-state index contributed by atoms with van der Waals surface area (Å²) in [6.45, 7) is 6.18. The topological polar surface area (TPSA) is 105 Å². The summed E-state index contributed by atoms with van der Waals surface area (Å²) in [4.78, 5) is 36.7. The first kappa shape index (κ1) is 26.3. The number of ether oxygens (including phenoxy) is 1. The molecule has 2 aromatic rings. The predicted octanol–water partition coefficient (Wildman–Crippen LogP) is 5.09. The zero-order chi connectivity index (χ0) is 25.4. The molecule has 7 heteroatoms. The van der Waals surface area contributed by atoms with Crippen LogP contribution in [0.3, 0.4) is 0 Å². The van der Waals surface area contributed by atoms with E-state index in [1.165, 1.54) is 0 Å². The van der Waals surface area contributed by atoms with Crippen molar-refractivity contribution in [2.24, 2.45) is 5.92 Å². The maximum absolute atomic E-state index is 12.6. The van der Waals surface area contributed by atoms with Gasteiger partial charge in [-0.15, -0.1) is 0 Å². The van der Waals surface area contributed by atoms with Crippen LogP contribution in [0.1, 0.15) is 69.9 Å². The van der Waals surface area contributed by atoms with Crippen molar-refractivity contribution >= 4 is 18.0 Å². The number of rotatable bonds is 12.